The van der Waals surface area contributed by atoms with E-state index in [2.05, 4.69) is 5.92 Å². The number of terminal acetylenes is 1. The topological polar surface area (TPSA) is 0 Å². The van der Waals surface area contributed by atoms with Crippen LogP contribution in [0.15, 0.2) is 11.7 Å². The summed E-state index contributed by atoms with van der Waals surface area (Å²) in [4.78, 5) is 0. The lowest BCUT2D eigenvalue weighted by atomic mass is 9.79. The second-order valence-electron chi connectivity index (χ2n) is 4.50. The Labute approximate surface area is 90.8 Å². The van der Waals surface area contributed by atoms with Gasteiger partial charge in [0.1, 0.15) is 11.7 Å². The Morgan fingerprint density at radius 2 is 2.07 bits per heavy atom. The predicted octanol–water partition coefficient (Wildman–Crippen LogP) is 4.23. The number of hydrogen-bond donors (Lipinski definition) is 0. The Bertz CT molecular complexity index is 285. The second kappa shape index (κ2) is 5.30. The van der Waals surface area contributed by atoms with Crippen LogP contribution in [0.4, 0.5) is 8.78 Å². The van der Waals surface area contributed by atoms with Crippen molar-refractivity contribution in [2.75, 3.05) is 0 Å². The average molecular weight is 212 g/mol. The van der Waals surface area contributed by atoms with E-state index >= 15 is 0 Å². The van der Waals surface area contributed by atoms with Crippen molar-refractivity contribution in [1.29, 1.82) is 0 Å². The molecule has 0 heterocycles. The fourth-order valence-corrected chi connectivity index (χ4v) is 2.14. The van der Waals surface area contributed by atoms with Gasteiger partial charge >= 0.3 is 0 Å². The quantitative estimate of drug-likeness (QED) is 0.614. The Hall–Kier alpha value is -0.840. The average Bonchev–Trinajstić information content (AvgIpc) is 2.23. The van der Waals surface area contributed by atoms with E-state index in [0.717, 1.165) is 19.3 Å². The lowest BCUT2D eigenvalue weighted by Crippen LogP contribution is -2.20. The fraction of sp³-hybridized carbons (Fsp3) is 0.692. The molecular formula is C13H18F2. The van der Waals surface area contributed by atoms with Crippen LogP contribution in [-0.4, -0.2) is 0 Å². The molecule has 84 valence electrons. The fourth-order valence-electron chi connectivity index (χ4n) is 2.14. The molecule has 0 saturated heterocycles. The molecule has 15 heavy (non-hydrogen) atoms. The van der Waals surface area contributed by atoms with Crippen molar-refractivity contribution in [2.45, 2.75) is 39.5 Å². The summed E-state index contributed by atoms with van der Waals surface area (Å²) in [5.41, 5.74) is 0. The van der Waals surface area contributed by atoms with Crippen LogP contribution >= 0.6 is 0 Å². The van der Waals surface area contributed by atoms with Gasteiger partial charge < -0.3 is 0 Å². The maximum atomic E-state index is 13.6. The van der Waals surface area contributed by atoms with Gasteiger partial charge in [0, 0.05) is 18.3 Å². The summed E-state index contributed by atoms with van der Waals surface area (Å²) >= 11 is 0. The van der Waals surface area contributed by atoms with Crippen molar-refractivity contribution in [1.82, 2.24) is 0 Å². The summed E-state index contributed by atoms with van der Waals surface area (Å²) in [7, 11) is 0. The second-order valence-corrected chi connectivity index (χ2v) is 4.50. The summed E-state index contributed by atoms with van der Waals surface area (Å²) in [6.07, 6.45) is 8.06. The number of halogens is 2. The molecule has 0 radical (unpaired) electrons. The molecule has 1 unspecified atom stereocenters. The van der Waals surface area contributed by atoms with Gasteiger partial charge in [0.2, 0.25) is 0 Å². The first-order chi connectivity index (χ1) is 7.07. The van der Waals surface area contributed by atoms with Crippen LogP contribution in [0, 0.1) is 30.1 Å². The lowest BCUT2D eigenvalue weighted by Gasteiger charge is -2.28. The zero-order valence-electron chi connectivity index (χ0n) is 9.39. The van der Waals surface area contributed by atoms with Crippen LogP contribution in [0.5, 0.6) is 0 Å². The molecule has 0 bridgehead atoms. The highest BCUT2D eigenvalue weighted by atomic mass is 19.2. The highest BCUT2D eigenvalue weighted by molar-refractivity contribution is 5.11. The van der Waals surface area contributed by atoms with Crippen LogP contribution in [0.2, 0.25) is 0 Å². The molecule has 1 aliphatic carbocycles. The normalized spacial score (nSPS) is 28.7. The zero-order chi connectivity index (χ0) is 11.4. The summed E-state index contributed by atoms with van der Waals surface area (Å²) in [6.45, 7) is 3.68. The predicted molar refractivity (Wildman–Crippen MR) is 58.4 cm³/mol. The van der Waals surface area contributed by atoms with Gasteiger partial charge in [-0.15, -0.1) is 12.3 Å². The van der Waals surface area contributed by atoms with Gasteiger partial charge in [0.05, 0.1) is 0 Å². The van der Waals surface area contributed by atoms with Crippen LogP contribution < -0.4 is 0 Å². The number of rotatable bonds is 3. The van der Waals surface area contributed by atoms with Crippen molar-refractivity contribution >= 4 is 0 Å². The largest absolute Gasteiger partial charge is 0.209 e. The Morgan fingerprint density at radius 3 is 2.67 bits per heavy atom. The molecular weight excluding hydrogens is 194 g/mol. The molecule has 0 amide bonds. The smallest absolute Gasteiger partial charge is 0.135 e. The molecule has 0 saturated carbocycles. The summed E-state index contributed by atoms with van der Waals surface area (Å²) < 4.78 is 27.0. The first-order valence-corrected chi connectivity index (χ1v) is 5.56. The van der Waals surface area contributed by atoms with Crippen molar-refractivity contribution < 1.29 is 8.78 Å². The maximum absolute atomic E-state index is 13.6. The minimum absolute atomic E-state index is 0.138. The molecule has 3 atom stereocenters. The Balaban J connectivity index is 2.68. The summed E-state index contributed by atoms with van der Waals surface area (Å²) in [5.74, 6) is 1.10. The third kappa shape index (κ3) is 2.81. The van der Waals surface area contributed by atoms with E-state index in [4.69, 9.17) is 6.42 Å². The Kier molecular flexibility index (Phi) is 4.32. The van der Waals surface area contributed by atoms with Gasteiger partial charge in [0.15, 0.2) is 0 Å². The standard InChI is InChI=1S/C13H18F2/c1-4-5-6-9(2)11-8-7-10(3)12(14)13(11)15/h1,9-11H,5-8H2,2-3H3/t9?,10-,11-/m1/s1. The van der Waals surface area contributed by atoms with Crippen molar-refractivity contribution in [3.63, 3.8) is 0 Å². The molecule has 0 aliphatic heterocycles. The molecule has 1 rings (SSSR count). The lowest BCUT2D eigenvalue weighted by molar-refractivity contribution is 0.242. The van der Waals surface area contributed by atoms with Crippen molar-refractivity contribution in [2.24, 2.45) is 17.8 Å². The maximum Gasteiger partial charge on any atom is 0.135 e. The Morgan fingerprint density at radius 1 is 1.40 bits per heavy atom. The van der Waals surface area contributed by atoms with Gasteiger partial charge in [-0.2, -0.15) is 0 Å². The number of hydrogen-bond acceptors (Lipinski definition) is 0. The first kappa shape index (κ1) is 12.2. The molecule has 0 aromatic rings. The van der Waals surface area contributed by atoms with Gasteiger partial charge in [-0.1, -0.05) is 13.8 Å². The monoisotopic (exact) mass is 212 g/mol. The molecule has 0 N–H and O–H groups in total. The minimum atomic E-state index is -0.543. The van der Waals surface area contributed by atoms with E-state index in [9.17, 15) is 8.78 Å². The molecule has 0 spiro atoms. The molecule has 0 fully saturated rings. The van der Waals surface area contributed by atoms with Gasteiger partial charge in [0.25, 0.3) is 0 Å². The van der Waals surface area contributed by atoms with E-state index in [1.165, 1.54) is 0 Å². The highest BCUT2D eigenvalue weighted by Crippen LogP contribution is 2.40. The van der Waals surface area contributed by atoms with Crippen molar-refractivity contribution in [3.8, 4) is 12.3 Å². The molecule has 0 aromatic heterocycles. The highest BCUT2D eigenvalue weighted by Gasteiger charge is 2.31. The van der Waals surface area contributed by atoms with E-state index in [1.54, 1.807) is 6.92 Å². The third-order valence-electron chi connectivity index (χ3n) is 3.33. The van der Waals surface area contributed by atoms with Gasteiger partial charge in [-0.3, -0.25) is 0 Å². The van der Waals surface area contributed by atoms with E-state index < -0.39 is 11.7 Å². The number of allylic oxidation sites excluding steroid dienone is 2. The van der Waals surface area contributed by atoms with E-state index in [1.807, 2.05) is 6.92 Å². The van der Waals surface area contributed by atoms with Crippen LogP contribution in [0.1, 0.15) is 39.5 Å². The van der Waals surface area contributed by atoms with Crippen LogP contribution in [-0.2, 0) is 0 Å². The van der Waals surface area contributed by atoms with E-state index in [-0.39, 0.29) is 17.8 Å². The summed E-state index contributed by atoms with van der Waals surface area (Å²) in [5, 5.41) is 0. The van der Waals surface area contributed by atoms with E-state index in [0.29, 0.717) is 6.42 Å². The molecule has 2 heteroatoms. The summed E-state index contributed by atoms with van der Waals surface area (Å²) in [6, 6.07) is 0. The third-order valence-corrected chi connectivity index (χ3v) is 3.33. The zero-order valence-corrected chi connectivity index (χ0v) is 9.39. The van der Waals surface area contributed by atoms with Crippen LogP contribution in [0.3, 0.4) is 0 Å². The molecule has 0 aromatic carbocycles. The first-order valence-electron chi connectivity index (χ1n) is 5.56. The van der Waals surface area contributed by atoms with Crippen LogP contribution in [0.25, 0.3) is 0 Å². The molecule has 0 nitrogen and oxygen atoms in total. The minimum Gasteiger partial charge on any atom is -0.209 e. The SMILES string of the molecule is C#CCCC(C)[C@H]1CC[C@@H](C)C(F)=C1F. The van der Waals surface area contributed by atoms with Gasteiger partial charge in [-0.05, 0) is 25.2 Å². The van der Waals surface area contributed by atoms with Crippen molar-refractivity contribution in [3.05, 3.63) is 11.7 Å². The molecule has 1 aliphatic rings. The van der Waals surface area contributed by atoms with Gasteiger partial charge in [-0.25, -0.2) is 8.78 Å².